The van der Waals surface area contributed by atoms with Crippen LogP contribution in [0, 0.1) is 0 Å². The largest absolute Gasteiger partial charge is 0.408 e. The Morgan fingerprint density at radius 1 is 1.17 bits per heavy atom. The zero-order valence-electron chi connectivity index (χ0n) is 10.5. The van der Waals surface area contributed by atoms with Gasteiger partial charge in [0.15, 0.2) is 0 Å². The van der Waals surface area contributed by atoms with Crippen molar-refractivity contribution in [3.8, 4) is 0 Å². The van der Waals surface area contributed by atoms with E-state index in [2.05, 4.69) is 22.3 Å². The minimum Gasteiger partial charge on any atom is -0.408 e. The maximum Gasteiger partial charge on any atom is 0.317 e. The van der Waals surface area contributed by atoms with Crippen molar-refractivity contribution in [1.82, 2.24) is 10.2 Å². The minimum atomic E-state index is 0.523. The van der Waals surface area contributed by atoms with Crippen molar-refractivity contribution < 1.29 is 4.42 Å². The second kappa shape index (κ2) is 6.16. The van der Waals surface area contributed by atoms with E-state index < -0.39 is 0 Å². The first kappa shape index (κ1) is 12.6. The molecule has 1 heterocycles. The monoisotopic (exact) mass is 246 g/mol. The Labute approximate surface area is 107 Å². The van der Waals surface area contributed by atoms with Crippen LogP contribution in [0.1, 0.15) is 11.5 Å². The highest BCUT2D eigenvalue weighted by atomic mass is 16.4. The number of hydrogen-bond acceptors (Lipinski definition) is 5. The lowest BCUT2D eigenvalue weighted by Gasteiger charge is -2.13. The Hall–Kier alpha value is -1.88. The molecule has 5 heteroatoms. The molecule has 1 aromatic carbocycles. The van der Waals surface area contributed by atoms with Crippen LogP contribution in [0.25, 0.3) is 0 Å². The molecule has 18 heavy (non-hydrogen) atoms. The molecule has 0 aliphatic carbocycles. The zero-order valence-corrected chi connectivity index (χ0v) is 10.5. The summed E-state index contributed by atoms with van der Waals surface area (Å²) in [5.74, 6) is 0.596. The molecule has 0 bridgehead atoms. The molecule has 1 aromatic heterocycles. The normalized spacial score (nSPS) is 10.6. The van der Waals surface area contributed by atoms with Gasteiger partial charge < -0.3 is 15.1 Å². The molecule has 0 radical (unpaired) electrons. The topological polar surface area (TPSA) is 68.2 Å². The van der Waals surface area contributed by atoms with Crippen molar-refractivity contribution in [2.45, 2.75) is 12.8 Å². The van der Waals surface area contributed by atoms with Crippen LogP contribution in [-0.2, 0) is 12.8 Å². The molecular weight excluding hydrogens is 228 g/mol. The lowest BCUT2D eigenvalue weighted by atomic mass is 10.1. The van der Waals surface area contributed by atoms with Gasteiger partial charge in [0.25, 0.3) is 0 Å². The third-order valence-electron chi connectivity index (χ3n) is 2.72. The van der Waals surface area contributed by atoms with Crippen molar-refractivity contribution in [2.75, 3.05) is 25.0 Å². The van der Waals surface area contributed by atoms with E-state index in [9.17, 15) is 0 Å². The molecule has 0 saturated carbocycles. The molecule has 0 saturated heterocycles. The summed E-state index contributed by atoms with van der Waals surface area (Å²) in [6.07, 6.45) is 1.57. The summed E-state index contributed by atoms with van der Waals surface area (Å²) in [5.41, 5.74) is 6.74. The molecule has 0 aliphatic heterocycles. The van der Waals surface area contributed by atoms with Crippen LogP contribution in [0.4, 0.5) is 6.01 Å². The molecular formula is C13H18N4O. The lowest BCUT2D eigenvalue weighted by Crippen LogP contribution is -2.20. The Kier molecular flexibility index (Phi) is 4.30. The molecule has 0 aliphatic rings. The van der Waals surface area contributed by atoms with E-state index in [1.807, 2.05) is 30.1 Å². The van der Waals surface area contributed by atoms with E-state index in [1.165, 1.54) is 5.56 Å². The van der Waals surface area contributed by atoms with E-state index in [0.29, 0.717) is 24.9 Å². The van der Waals surface area contributed by atoms with Crippen LogP contribution in [0.5, 0.6) is 0 Å². The number of anilines is 1. The number of aromatic nitrogens is 2. The van der Waals surface area contributed by atoms with Gasteiger partial charge in [-0.2, -0.15) is 0 Å². The number of nitrogens with zero attached hydrogens (tertiary/aromatic N) is 3. The molecule has 2 N–H and O–H groups in total. The first-order valence-corrected chi connectivity index (χ1v) is 6.07. The SMILES string of the molecule is CN(CCc1ccccc1)c1nnc(CCN)o1. The van der Waals surface area contributed by atoms with Crippen LogP contribution in [0.15, 0.2) is 34.7 Å². The summed E-state index contributed by atoms with van der Waals surface area (Å²) in [6, 6.07) is 10.9. The van der Waals surface area contributed by atoms with E-state index in [1.54, 1.807) is 0 Å². The van der Waals surface area contributed by atoms with Crippen molar-refractivity contribution in [3.63, 3.8) is 0 Å². The third-order valence-corrected chi connectivity index (χ3v) is 2.72. The number of benzene rings is 1. The fourth-order valence-corrected chi connectivity index (χ4v) is 1.66. The van der Waals surface area contributed by atoms with Crippen molar-refractivity contribution in [3.05, 3.63) is 41.8 Å². The van der Waals surface area contributed by atoms with Gasteiger partial charge in [0.2, 0.25) is 5.89 Å². The van der Waals surface area contributed by atoms with Crippen molar-refractivity contribution >= 4 is 6.01 Å². The average Bonchev–Trinajstić information content (AvgIpc) is 2.86. The molecule has 2 aromatic rings. The number of rotatable bonds is 6. The molecule has 0 amide bonds. The molecule has 96 valence electrons. The molecule has 5 nitrogen and oxygen atoms in total. The standard InChI is InChI=1S/C13H18N4O/c1-17(10-8-11-5-3-2-4-6-11)13-16-15-12(18-13)7-9-14/h2-6H,7-10,14H2,1H3. The summed E-state index contributed by atoms with van der Waals surface area (Å²) in [5, 5.41) is 7.94. The number of hydrogen-bond donors (Lipinski definition) is 1. The van der Waals surface area contributed by atoms with Crippen LogP contribution in [-0.4, -0.2) is 30.3 Å². The maximum absolute atomic E-state index is 5.50. The maximum atomic E-state index is 5.50. The Balaban J connectivity index is 1.89. The van der Waals surface area contributed by atoms with E-state index in [4.69, 9.17) is 10.2 Å². The summed E-state index contributed by atoms with van der Waals surface area (Å²) < 4.78 is 5.50. The molecule has 2 rings (SSSR count). The third kappa shape index (κ3) is 3.30. The first-order valence-electron chi connectivity index (χ1n) is 6.07. The van der Waals surface area contributed by atoms with Gasteiger partial charge in [-0.15, -0.1) is 5.10 Å². The van der Waals surface area contributed by atoms with E-state index in [-0.39, 0.29) is 0 Å². The quantitative estimate of drug-likeness (QED) is 0.830. The van der Waals surface area contributed by atoms with Gasteiger partial charge in [0, 0.05) is 26.6 Å². The van der Waals surface area contributed by atoms with E-state index >= 15 is 0 Å². The second-order valence-electron chi connectivity index (χ2n) is 4.17. The predicted octanol–water partition coefficient (Wildman–Crippen LogP) is 1.25. The van der Waals surface area contributed by atoms with Gasteiger partial charge in [-0.25, -0.2) is 0 Å². The van der Waals surface area contributed by atoms with Gasteiger partial charge in [-0.05, 0) is 12.0 Å². The molecule has 0 atom stereocenters. The van der Waals surface area contributed by atoms with Crippen LogP contribution < -0.4 is 10.6 Å². The van der Waals surface area contributed by atoms with Crippen molar-refractivity contribution in [1.29, 1.82) is 0 Å². The number of likely N-dealkylation sites (N-methyl/N-ethyl adjacent to an activating group) is 1. The summed E-state index contributed by atoms with van der Waals surface area (Å²) >= 11 is 0. The smallest absolute Gasteiger partial charge is 0.317 e. The van der Waals surface area contributed by atoms with E-state index in [0.717, 1.165) is 13.0 Å². The fourth-order valence-electron chi connectivity index (χ4n) is 1.66. The first-order chi connectivity index (χ1) is 8.79. The van der Waals surface area contributed by atoms with Crippen LogP contribution in [0.2, 0.25) is 0 Å². The van der Waals surface area contributed by atoms with Gasteiger partial charge in [0.1, 0.15) is 0 Å². The lowest BCUT2D eigenvalue weighted by molar-refractivity contribution is 0.490. The van der Waals surface area contributed by atoms with Gasteiger partial charge in [-0.1, -0.05) is 35.4 Å². The highest BCUT2D eigenvalue weighted by Gasteiger charge is 2.09. The van der Waals surface area contributed by atoms with Gasteiger partial charge in [0.05, 0.1) is 0 Å². The van der Waals surface area contributed by atoms with Gasteiger partial charge in [-0.3, -0.25) is 0 Å². The summed E-state index contributed by atoms with van der Waals surface area (Å²) in [4.78, 5) is 1.96. The Bertz CT molecular complexity index is 469. The highest BCUT2D eigenvalue weighted by molar-refractivity contribution is 5.24. The predicted molar refractivity (Wildman–Crippen MR) is 70.5 cm³/mol. The highest BCUT2D eigenvalue weighted by Crippen LogP contribution is 2.11. The van der Waals surface area contributed by atoms with Crippen molar-refractivity contribution in [2.24, 2.45) is 5.73 Å². The fraction of sp³-hybridized carbons (Fsp3) is 0.385. The minimum absolute atomic E-state index is 0.523. The van der Waals surface area contributed by atoms with Crippen LogP contribution >= 0.6 is 0 Å². The van der Waals surface area contributed by atoms with Crippen LogP contribution in [0.3, 0.4) is 0 Å². The average molecular weight is 246 g/mol. The van der Waals surface area contributed by atoms with Gasteiger partial charge >= 0.3 is 6.01 Å². The molecule has 0 fully saturated rings. The second-order valence-corrected chi connectivity index (χ2v) is 4.17. The zero-order chi connectivity index (χ0) is 12.8. The summed E-state index contributed by atoms with van der Waals surface area (Å²) in [7, 11) is 1.95. The molecule has 0 unspecified atom stereocenters. The molecule has 0 spiro atoms. The Morgan fingerprint density at radius 2 is 1.94 bits per heavy atom. The summed E-state index contributed by atoms with van der Waals surface area (Å²) in [6.45, 7) is 1.36. The Morgan fingerprint density at radius 3 is 2.67 bits per heavy atom. The number of nitrogens with two attached hydrogens (primary N) is 1.